The standard InChI is InChI=1S/C14H19N3/c1-4-15-13(14-16-5-6-17-14)12-8-10(2)7-11(3)9-12/h5-9,13,15H,4H2,1-3H3,(H,16,17). The molecule has 1 unspecified atom stereocenters. The van der Waals surface area contributed by atoms with Crippen LogP contribution < -0.4 is 5.32 Å². The van der Waals surface area contributed by atoms with Gasteiger partial charge in [0, 0.05) is 12.4 Å². The maximum Gasteiger partial charge on any atom is 0.127 e. The number of imidazole rings is 1. The molecule has 0 bridgehead atoms. The SMILES string of the molecule is CCNC(c1cc(C)cc(C)c1)c1ncc[nH]1. The number of aromatic amines is 1. The third-order valence-corrected chi connectivity index (χ3v) is 2.78. The Kier molecular flexibility index (Phi) is 3.59. The van der Waals surface area contributed by atoms with Crippen molar-refractivity contribution in [3.63, 3.8) is 0 Å². The van der Waals surface area contributed by atoms with E-state index < -0.39 is 0 Å². The Balaban J connectivity index is 2.38. The van der Waals surface area contributed by atoms with Crippen LogP contribution in [0, 0.1) is 13.8 Å². The number of rotatable bonds is 4. The van der Waals surface area contributed by atoms with Gasteiger partial charge in [0.2, 0.25) is 0 Å². The summed E-state index contributed by atoms with van der Waals surface area (Å²) in [7, 11) is 0. The van der Waals surface area contributed by atoms with E-state index in [9.17, 15) is 0 Å². The highest BCUT2D eigenvalue weighted by molar-refractivity contribution is 5.33. The average Bonchev–Trinajstić information content (AvgIpc) is 2.77. The maximum absolute atomic E-state index is 4.35. The first-order valence-electron chi connectivity index (χ1n) is 6.01. The van der Waals surface area contributed by atoms with E-state index in [4.69, 9.17) is 0 Å². The number of aryl methyl sites for hydroxylation is 2. The molecule has 0 saturated carbocycles. The van der Waals surface area contributed by atoms with Crippen LogP contribution in [0.1, 0.15) is 35.5 Å². The molecule has 1 heterocycles. The van der Waals surface area contributed by atoms with Crippen LogP contribution in [0.3, 0.4) is 0 Å². The third-order valence-electron chi connectivity index (χ3n) is 2.78. The maximum atomic E-state index is 4.35. The van der Waals surface area contributed by atoms with Crippen LogP contribution in [-0.4, -0.2) is 16.5 Å². The summed E-state index contributed by atoms with van der Waals surface area (Å²) in [6.45, 7) is 7.28. The third kappa shape index (κ3) is 2.74. The Morgan fingerprint density at radius 1 is 1.24 bits per heavy atom. The van der Waals surface area contributed by atoms with E-state index >= 15 is 0 Å². The van der Waals surface area contributed by atoms with Crippen molar-refractivity contribution in [2.75, 3.05) is 6.54 Å². The van der Waals surface area contributed by atoms with E-state index in [1.54, 1.807) is 6.20 Å². The molecule has 0 amide bonds. The van der Waals surface area contributed by atoms with Crippen LogP contribution in [0.4, 0.5) is 0 Å². The second-order valence-corrected chi connectivity index (χ2v) is 4.39. The van der Waals surface area contributed by atoms with Crippen LogP contribution in [-0.2, 0) is 0 Å². The molecule has 0 aliphatic carbocycles. The lowest BCUT2D eigenvalue weighted by atomic mass is 10.0. The van der Waals surface area contributed by atoms with Gasteiger partial charge in [-0.05, 0) is 26.0 Å². The van der Waals surface area contributed by atoms with Crippen molar-refractivity contribution in [1.29, 1.82) is 0 Å². The highest BCUT2D eigenvalue weighted by atomic mass is 15.0. The van der Waals surface area contributed by atoms with Gasteiger partial charge >= 0.3 is 0 Å². The molecule has 17 heavy (non-hydrogen) atoms. The molecule has 0 aliphatic heterocycles. The molecule has 0 spiro atoms. The van der Waals surface area contributed by atoms with E-state index in [0.717, 1.165) is 12.4 Å². The molecule has 1 aromatic carbocycles. The largest absolute Gasteiger partial charge is 0.347 e. The van der Waals surface area contributed by atoms with Gasteiger partial charge in [-0.2, -0.15) is 0 Å². The number of aromatic nitrogens is 2. The molecule has 0 fully saturated rings. The number of nitrogens with one attached hydrogen (secondary N) is 2. The van der Waals surface area contributed by atoms with E-state index in [-0.39, 0.29) is 6.04 Å². The number of H-pyrrole nitrogens is 1. The van der Waals surface area contributed by atoms with E-state index in [1.165, 1.54) is 16.7 Å². The van der Waals surface area contributed by atoms with Crippen molar-refractivity contribution < 1.29 is 0 Å². The lowest BCUT2D eigenvalue weighted by Crippen LogP contribution is -2.23. The molecule has 2 rings (SSSR count). The quantitative estimate of drug-likeness (QED) is 0.846. The lowest BCUT2D eigenvalue weighted by Gasteiger charge is -2.17. The Morgan fingerprint density at radius 3 is 2.47 bits per heavy atom. The van der Waals surface area contributed by atoms with Gasteiger partial charge < -0.3 is 10.3 Å². The van der Waals surface area contributed by atoms with Gasteiger partial charge in [0.05, 0.1) is 6.04 Å². The minimum absolute atomic E-state index is 0.147. The fourth-order valence-corrected chi connectivity index (χ4v) is 2.19. The molecule has 3 nitrogen and oxygen atoms in total. The van der Waals surface area contributed by atoms with Gasteiger partial charge in [-0.3, -0.25) is 0 Å². The minimum Gasteiger partial charge on any atom is -0.347 e. The summed E-state index contributed by atoms with van der Waals surface area (Å²) in [5.74, 6) is 0.969. The molecule has 0 aliphatic rings. The predicted octanol–water partition coefficient (Wildman–Crippen LogP) is 2.73. The van der Waals surface area contributed by atoms with Gasteiger partial charge in [-0.15, -0.1) is 0 Å². The van der Waals surface area contributed by atoms with Crippen molar-refractivity contribution in [3.8, 4) is 0 Å². The van der Waals surface area contributed by atoms with Crippen LogP contribution in [0.2, 0.25) is 0 Å². The fraction of sp³-hybridized carbons (Fsp3) is 0.357. The number of hydrogen-bond donors (Lipinski definition) is 2. The molecule has 3 heteroatoms. The van der Waals surface area contributed by atoms with Crippen molar-refractivity contribution in [3.05, 3.63) is 53.1 Å². The van der Waals surface area contributed by atoms with Crippen molar-refractivity contribution in [2.45, 2.75) is 26.8 Å². The molecule has 1 aromatic heterocycles. The summed E-state index contributed by atoms with van der Waals surface area (Å²) in [6.07, 6.45) is 3.66. The first-order valence-corrected chi connectivity index (χ1v) is 6.01. The molecular formula is C14H19N3. The van der Waals surface area contributed by atoms with Crippen LogP contribution in [0.5, 0.6) is 0 Å². The first kappa shape index (κ1) is 11.9. The summed E-state index contributed by atoms with van der Waals surface area (Å²) >= 11 is 0. The van der Waals surface area contributed by atoms with Gasteiger partial charge in [0.25, 0.3) is 0 Å². The zero-order valence-electron chi connectivity index (χ0n) is 10.6. The average molecular weight is 229 g/mol. The number of hydrogen-bond acceptors (Lipinski definition) is 2. The van der Waals surface area contributed by atoms with Gasteiger partial charge in [-0.25, -0.2) is 4.98 Å². The smallest absolute Gasteiger partial charge is 0.127 e. The van der Waals surface area contributed by atoms with E-state index in [0.29, 0.717) is 0 Å². The molecule has 0 saturated heterocycles. The number of benzene rings is 1. The van der Waals surface area contributed by atoms with E-state index in [1.807, 2.05) is 6.20 Å². The Labute approximate surface area is 102 Å². The Morgan fingerprint density at radius 2 is 1.94 bits per heavy atom. The lowest BCUT2D eigenvalue weighted by molar-refractivity contribution is 0.603. The second-order valence-electron chi connectivity index (χ2n) is 4.39. The van der Waals surface area contributed by atoms with Crippen molar-refractivity contribution in [1.82, 2.24) is 15.3 Å². The predicted molar refractivity (Wildman–Crippen MR) is 70.0 cm³/mol. The molecular weight excluding hydrogens is 210 g/mol. The number of nitrogens with zero attached hydrogens (tertiary/aromatic N) is 1. The van der Waals surface area contributed by atoms with Gasteiger partial charge in [0.1, 0.15) is 5.82 Å². The summed E-state index contributed by atoms with van der Waals surface area (Å²) in [5, 5.41) is 3.46. The summed E-state index contributed by atoms with van der Waals surface area (Å²) in [6, 6.07) is 6.76. The zero-order chi connectivity index (χ0) is 12.3. The molecule has 0 radical (unpaired) electrons. The molecule has 2 N–H and O–H groups in total. The fourth-order valence-electron chi connectivity index (χ4n) is 2.19. The Bertz CT molecular complexity index is 454. The monoisotopic (exact) mass is 229 g/mol. The van der Waals surface area contributed by atoms with E-state index in [2.05, 4.69) is 54.3 Å². The Hall–Kier alpha value is -1.61. The van der Waals surface area contributed by atoms with Gasteiger partial charge in [0.15, 0.2) is 0 Å². The van der Waals surface area contributed by atoms with Crippen LogP contribution in [0.15, 0.2) is 30.6 Å². The van der Waals surface area contributed by atoms with Crippen LogP contribution >= 0.6 is 0 Å². The van der Waals surface area contributed by atoms with Crippen molar-refractivity contribution in [2.24, 2.45) is 0 Å². The highest BCUT2D eigenvalue weighted by Crippen LogP contribution is 2.21. The summed E-state index contributed by atoms with van der Waals surface area (Å²) in [5.41, 5.74) is 3.84. The van der Waals surface area contributed by atoms with Crippen molar-refractivity contribution >= 4 is 0 Å². The molecule has 1 atom stereocenters. The minimum atomic E-state index is 0.147. The molecule has 2 aromatic rings. The van der Waals surface area contributed by atoms with Crippen LogP contribution in [0.25, 0.3) is 0 Å². The summed E-state index contributed by atoms with van der Waals surface area (Å²) in [4.78, 5) is 7.54. The topological polar surface area (TPSA) is 40.7 Å². The normalized spacial score (nSPS) is 12.6. The van der Waals surface area contributed by atoms with Gasteiger partial charge in [-0.1, -0.05) is 36.2 Å². The highest BCUT2D eigenvalue weighted by Gasteiger charge is 2.15. The summed E-state index contributed by atoms with van der Waals surface area (Å²) < 4.78 is 0. The molecule has 90 valence electrons. The first-order chi connectivity index (χ1) is 8.20. The second kappa shape index (κ2) is 5.15. The zero-order valence-corrected chi connectivity index (χ0v) is 10.6.